The van der Waals surface area contributed by atoms with E-state index >= 15 is 0 Å². The lowest BCUT2D eigenvalue weighted by Gasteiger charge is -2.22. The van der Waals surface area contributed by atoms with E-state index in [0.717, 1.165) is 19.3 Å². The summed E-state index contributed by atoms with van der Waals surface area (Å²) < 4.78 is 32.0. The number of sulfonamides is 1. The van der Waals surface area contributed by atoms with Crippen molar-refractivity contribution in [3.63, 3.8) is 0 Å². The Morgan fingerprint density at radius 2 is 2.12 bits per heavy atom. The zero-order valence-electron chi connectivity index (χ0n) is 13.4. The minimum Gasteiger partial charge on any atom is -0.378 e. The van der Waals surface area contributed by atoms with Crippen molar-refractivity contribution >= 4 is 34.0 Å². The molecule has 1 aliphatic rings. The van der Waals surface area contributed by atoms with Crippen molar-refractivity contribution in [3.05, 3.63) is 24.3 Å². The number of nitrogens with one attached hydrogen (secondary N) is 2. The van der Waals surface area contributed by atoms with Crippen LogP contribution in [-0.4, -0.2) is 40.1 Å². The fourth-order valence-electron chi connectivity index (χ4n) is 2.40. The van der Waals surface area contributed by atoms with Crippen LogP contribution in [0.1, 0.15) is 25.7 Å². The van der Waals surface area contributed by atoms with Gasteiger partial charge in [-0.2, -0.15) is 0 Å². The number of hydrogen-bond donors (Lipinski definition) is 3. The molecule has 0 spiro atoms. The van der Waals surface area contributed by atoms with Crippen LogP contribution >= 0.6 is 12.4 Å². The van der Waals surface area contributed by atoms with Gasteiger partial charge in [0.05, 0.1) is 17.4 Å². The lowest BCUT2D eigenvalue weighted by Crippen LogP contribution is -2.29. The lowest BCUT2D eigenvalue weighted by atomic mass is 10.1. The first kappa shape index (κ1) is 20.9. The average Bonchev–Trinajstić information content (AvgIpc) is 2.54. The van der Waals surface area contributed by atoms with E-state index in [1.165, 1.54) is 12.1 Å². The van der Waals surface area contributed by atoms with Crippen molar-refractivity contribution in [2.24, 2.45) is 5.73 Å². The van der Waals surface area contributed by atoms with Gasteiger partial charge < -0.3 is 15.8 Å². The quantitative estimate of drug-likeness (QED) is 0.662. The average molecular weight is 378 g/mol. The van der Waals surface area contributed by atoms with Crippen LogP contribution in [0, 0.1) is 0 Å². The van der Waals surface area contributed by atoms with E-state index in [9.17, 15) is 13.2 Å². The predicted octanol–water partition coefficient (Wildman–Crippen LogP) is 1.24. The van der Waals surface area contributed by atoms with E-state index in [1.54, 1.807) is 12.1 Å². The van der Waals surface area contributed by atoms with Crippen molar-refractivity contribution in [1.29, 1.82) is 0 Å². The molecule has 1 aromatic carbocycles. The molecule has 1 fully saturated rings. The number of carbonyl (C=O) groups excluding carboxylic acids is 1. The summed E-state index contributed by atoms with van der Waals surface area (Å²) in [6, 6.07) is 6.14. The SMILES string of the molecule is Cl.NCCNS(=O)(=O)c1cccc(NC(=O)CC2CCCCO2)c1. The van der Waals surface area contributed by atoms with Gasteiger partial charge in [0.15, 0.2) is 0 Å². The third-order valence-corrected chi connectivity index (χ3v) is 5.01. The summed E-state index contributed by atoms with van der Waals surface area (Å²) in [4.78, 5) is 12.1. The van der Waals surface area contributed by atoms with Crippen LogP contribution in [0.3, 0.4) is 0 Å². The summed E-state index contributed by atoms with van der Waals surface area (Å²) in [6.07, 6.45) is 3.21. The van der Waals surface area contributed by atoms with Gasteiger partial charge in [0.1, 0.15) is 0 Å². The summed E-state index contributed by atoms with van der Waals surface area (Å²) in [5, 5.41) is 2.72. The number of benzene rings is 1. The maximum absolute atomic E-state index is 12.0. The van der Waals surface area contributed by atoms with Gasteiger partial charge in [0.2, 0.25) is 15.9 Å². The maximum Gasteiger partial charge on any atom is 0.240 e. The van der Waals surface area contributed by atoms with Gasteiger partial charge in [-0.3, -0.25) is 4.79 Å². The number of halogens is 1. The number of ether oxygens (including phenoxy) is 1. The van der Waals surface area contributed by atoms with E-state index in [0.29, 0.717) is 12.3 Å². The van der Waals surface area contributed by atoms with E-state index in [4.69, 9.17) is 10.5 Å². The Morgan fingerprint density at radius 1 is 1.33 bits per heavy atom. The third kappa shape index (κ3) is 6.37. The maximum atomic E-state index is 12.0. The Balaban J connectivity index is 0.00000288. The molecule has 24 heavy (non-hydrogen) atoms. The van der Waals surface area contributed by atoms with Crippen molar-refractivity contribution < 1.29 is 17.9 Å². The molecule has 0 bridgehead atoms. The monoisotopic (exact) mass is 377 g/mol. The van der Waals surface area contributed by atoms with E-state index in [-0.39, 0.29) is 48.8 Å². The summed E-state index contributed by atoms with van der Waals surface area (Å²) in [7, 11) is -3.61. The van der Waals surface area contributed by atoms with Gasteiger partial charge in [-0.05, 0) is 37.5 Å². The molecular weight excluding hydrogens is 354 g/mol. The van der Waals surface area contributed by atoms with Gasteiger partial charge in [0.25, 0.3) is 0 Å². The van der Waals surface area contributed by atoms with Crippen molar-refractivity contribution in [2.45, 2.75) is 36.7 Å². The van der Waals surface area contributed by atoms with Gasteiger partial charge in [-0.15, -0.1) is 12.4 Å². The minimum atomic E-state index is -3.61. The molecule has 0 aliphatic carbocycles. The van der Waals surface area contributed by atoms with Gasteiger partial charge in [-0.25, -0.2) is 13.1 Å². The number of amides is 1. The largest absolute Gasteiger partial charge is 0.378 e. The van der Waals surface area contributed by atoms with Crippen molar-refractivity contribution in [1.82, 2.24) is 4.72 Å². The molecule has 0 radical (unpaired) electrons. The highest BCUT2D eigenvalue weighted by Crippen LogP contribution is 2.18. The Kier molecular flexibility index (Phi) is 8.65. The lowest BCUT2D eigenvalue weighted by molar-refractivity contribution is -0.119. The Morgan fingerprint density at radius 3 is 2.79 bits per heavy atom. The standard InChI is InChI=1S/C15H23N3O4S.ClH/c16-7-8-17-23(20,21)14-6-3-4-12(10-14)18-15(19)11-13-5-1-2-9-22-13;/h3-4,6,10,13,17H,1-2,5,7-9,11,16H2,(H,18,19);1H. The minimum absolute atomic E-state index is 0. The van der Waals surface area contributed by atoms with Crippen LogP contribution < -0.4 is 15.8 Å². The van der Waals surface area contributed by atoms with Gasteiger partial charge in [-0.1, -0.05) is 6.07 Å². The van der Waals surface area contributed by atoms with Crippen LogP contribution in [0.4, 0.5) is 5.69 Å². The third-order valence-electron chi connectivity index (χ3n) is 3.55. The number of anilines is 1. The highest BCUT2D eigenvalue weighted by Gasteiger charge is 2.18. The molecule has 1 aliphatic heterocycles. The second kappa shape index (κ2) is 9.95. The number of nitrogens with two attached hydrogens (primary N) is 1. The number of rotatable bonds is 7. The smallest absolute Gasteiger partial charge is 0.240 e. The normalized spacial score (nSPS) is 17.8. The van der Waals surface area contributed by atoms with Gasteiger partial charge >= 0.3 is 0 Å². The molecule has 1 aromatic rings. The fraction of sp³-hybridized carbons (Fsp3) is 0.533. The van der Waals surface area contributed by atoms with Crippen LogP contribution in [0.5, 0.6) is 0 Å². The first-order chi connectivity index (χ1) is 11.0. The van der Waals surface area contributed by atoms with Crippen molar-refractivity contribution in [3.8, 4) is 0 Å². The molecule has 136 valence electrons. The highest BCUT2D eigenvalue weighted by molar-refractivity contribution is 7.89. The Labute approximate surface area is 148 Å². The van der Waals surface area contributed by atoms with E-state index in [1.807, 2.05) is 0 Å². The summed E-state index contributed by atoms with van der Waals surface area (Å²) in [5.74, 6) is -0.179. The van der Waals surface area contributed by atoms with Crippen LogP contribution in [0.25, 0.3) is 0 Å². The first-order valence-corrected chi connectivity index (χ1v) is 9.21. The second-order valence-corrected chi connectivity index (χ2v) is 7.22. The first-order valence-electron chi connectivity index (χ1n) is 7.72. The molecule has 0 aromatic heterocycles. The summed E-state index contributed by atoms with van der Waals surface area (Å²) in [5.41, 5.74) is 5.75. The van der Waals surface area contributed by atoms with E-state index in [2.05, 4.69) is 10.0 Å². The van der Waals surface area contributed by atoms with Crippen LogP contribution in [0.2, 0.25) is 0 Å². The second-order valence-electron chi connectivity index (χ2n) is 5.46. The zero-order valence-corrected chi connectivity index (χ0v) is 15.0. The van der Waals surface area contributed by atoms with Crippen LogP contribution in [0.15, 0.2) is 29.2 Å². The number of hydrogen-bond acceptors (Lipinski definition) is 5. The van der Waals surface area contributed by atoms with Crippen LogP contribution in [-0.2, 0) is 19.6 Å². The molecule has 7 nitrogen and oxygen atoms in total. The molecule has 2 rings (SSSR count). The van der Waals surface area contributed by atoms with E-state index < -0.39 is 10.0 Å². The molecule has 0 saturated carbocycles. The molecule has 1 atom stereocenters. The fourth-order valence-corrected chi connectivity index (χ4v) is 3.50. The van der Waals surface area contributed by atoms with Crippen molar-refractivity contribution in [2.75, 3.05) is 25.0 Å². The Bertz CT molecular complexity index is 633. The number of carbonyl (C=O) groups is 1. The molecule has 1 amide bonds. The molecule has 1 saturated heterocycles. The molecular formula is C15H24ClN3O4S. The molecule has 1 heterocycles. The molecule has 1 unspecified atom stereocenters. The summed E-state index contributed by atoms with van der Waals surface area (Å²) in [6.45, 7) is 1.08. The topological polar surface area (TPSA) is 111 Å². The molecule has 9 heteroatoms. The highest BCUT2D eigenvalue weighted by atomic mass is 35.5. The summed E-state index contributed by atoms with van der Waals surface area (Å²) >= 11 is 0. The zero-order chi connectivity index (χ0) is 16.7. The predicted molar refractivity (Wildman–Crippen MR) is 94.8 cm³/mol. The molecule has 4 N–H and O–H groups in total. The Hall–Kier alpha value is -1.19. The van der Waals surface area contributed by atoms with Gasteiger partial charge in [0, 0.05) is 25.4 Å².